The van der Waals surface area contributed by atoms with Crippen molar-refractivity contribution in [2.45, 2.75) is 45.6 Å². The normalized spacial score (nSPS) is 13.9. The van der Waals surface area contributed by atoms with Crippen LogP contribution in [0.4, 0.5) is 0 Å². The number of hydrogen-bond donors (Lipinski definition) is 2. The van der Waals surface area contributed by atoms with Gasteiger partial charge in [-0.3, -0.25) is 4.79 Å². The molecule has 1 atom stereocenters. The molecule has 1 amide bonds. The van der Waals surface area contributed by atoms with Gasteiger partial charge in [0.2, 0.25) is 5.91 Å². The molecule has 0 bridgehead atoms. The second kappa shape index (κ2) is 6.57. The molecule has 0 saturated heterocycles. The van der Waals surface area contributed by atoms with E-state index in [1.807, 2.05) is 32.0 Å². The lowest BCUT2D eigenvalue weighted by Crippen LogP contribution is -2.49. The highest BCUT2D eigenvalue weighted by Gasteiger charge is 2.24. The van der Waals surface area contributed by atoms with Crippen LogP contribution >= 0.6 is 0 Å². The summed E-state index contributed by atoms with van der Waals surface area (Å²) in [5.41, 5.74) is 12.4. The van der Waals surface area contributed by atoms with E-state index in [4.69, 9.17) is 16.2 Å². The summed E-state index contributed by atoms with van der Waals surface area (Å²) in [4.78, 5) is 11.1. The van der Waals surface area contributed by atoms with Gasteiger partial charge in [-0.1, -0.05) is 18.2 Å². The maximum Gasteiger partial charge on any atom is 0.237 e. The molecule has 1 rings (SSSR count). The van der Waals surface area contributed by atoms with Crippen LogP contribution < -0.4 is 16.2 Å². The predicted octanol–water partition coefficient (Wildman–Crippen LogP) is 2.06. The summed E-state index contributed by atoms with van der Waals surface area (Å²) in [7, 11) is 0. The second-order valence-corrected chi connectivity index (χ2v) is 5.31. The maximum absolute atomic E-state index is 11.1. The molecule has 0 aromatic heterocycles. The van der Waals surface area contributed by atoms with Gasteiger partial charge in [-0.05, 0) is 51.2 Å². The van der Waals surface area contributed by atoms with Crippen molar-refractivity contribution < 1.29 is 9.53 Å². The van der Waals surface area contributed by atoms with Gasteiger partial charge in [0.15, 0.2) is 0 Å². The molecule has 1 unspecified atom stereocenters. The van der Waals surface area contributed by atoms with Crippen LogP contribution in [0.1, 0.15) is 37.3 Å². The smallest absolute Gasteiger partial charge is 0.237 e. The largest absolute Gasteiger partial charge is 0.493 e. The molecular formula is C15H24N2O2. The number of ether oxygens (including phenoxy) is 1. The number of rotatable bonds is 7. The Kier molecular flexibility index (Phi) is 5.36. The van der Waals surface area contributed by atoms with Crippen LogP contribution in [-0.4, -0.2) is 18.1 Å². The van der Waals surface area contributed by atoms with Gasteiger partial charge in [-0.15, -0.1) is 0 Å². The summed E-state index contributed by atoms with van der Waals surface area (Å²) in [6, 6.07) is 6.09. The highest BCUT2D eigenvalue weighted by atomic mass is 16.5. The number of amides is 1. The Balaban J connectivity index is 2.34. The average molecular weight is 264 g/mol. The molecule has 1 aromatic carbocycles. The molecule has 1 aromatic rings. The molecule has 4 nitrogen and oxygen atoms in total. The van der Waals surface area contributed by atoms with Gasteiger partial charge in [0.1, 0.15) is 5.75 Å². The van der Waals surface area contributed by atoms with E-state index in [2.05, 4.69) is 0 Å². The van der Waals surface area contributed by atoms with E-state index in [1.165, 1.54) is 0 Å². The number of carbonyl (C=O) groups is 1. The molecule has 0 aliphatic carbocycles. The molecule has 0 radical (unpaired) electrons. The molecule has 0 saturated carbocycles. The van der Waals surface area contributed by atoms with Crippen molar-refractivity contribution in [3.63, 3.8) is 0 Å². The van der Waals surface area contributed by atoms with Crippen molar-refractivity contribution in [1.29, 1.82) is 0 Å². The monoisotopic (exact) mass is 264 g/mol. The summed E-state index contributed by atoms with van der Waals surface area (Å²) < 4.78 is 5.79. The van der Waals surface area contributed by atoms with Crippen LogP contribution in [0.5, 0.6) is 5.75 Å². The van der Waals surface area contributed by atoms with E-state index in [1.54, 1.807) is 6.92 Å². The van der Waals surface area contributed by atoms with E-state index in [9.17, 15) is 4.79 Å². The highest BCUT2D eigenvalue weighted by molar-refractivity contribution is 5.83. The first-order valence-corrected chi connectivity index (χ1v) is 6.62. The van der Waals surface area contributed by atoms with Crippen LogP contribution in [0.3, 0.4) is 0 Å². The Hall–Kier alpha value is -1.55. The summed E-state index contributed by atoms with van der Waals surface area (Å²) in [6.45, 7) is 6.36. The molecule has 0 fully saturated rings. The van der Waals surface area contributed by atoms with E-state index < -0.39 is 11.4 Å². The summed E-state index contributed by atoms with van der Waals surface area (Å²) in [5.74, 6) is 0.496. The molecule has 106 valence electrons. The van der Waals surface area contributed by atoms with Gasteiger partial charge < -0.3 is 16.2 Å². The van der Waals surface area contributed by atoms with Gasteiger partial charge >= 0.3 is 0 Å². The number of benzene rings is 1. The minimum atomic E-state index is -0.918. The minimum Gasteiger partial charge on any atom is -0.493 e. The third-order valence-electron chi connectivity index (χ3n) is 3.31. The highest BCUT2D eigenvalue weighted by Crippen LogP contribution is 2.22. The molecule has 0 aliphatic heterocycles. The van der Waals surface area contributed by atoms with E-state index in [0.29, 0.717) is 13.0 Å². The predicted molar refractivity (Wildman–Crippen MR) is 77.0 cm³/mol. The van der Waals surface area contributed by atoms with Crippen LogP contribution in [0.2, 0.25) is 0 Å². The number of para-hydroxylation sites is 1. The number of hydrogen-bond acceptors (Lipinski definition) is 3. The van der Waals surface area contributed by atoms with Crippen LogP contribution in [0, 0.1) is 13.8 Å². The molecule has 0 aliphatic rings. The zero-order valence-electron chi connectivity index (χ0n) is 12.0. The summed E-state index contributed by atoms with van der Waals surface area (Å²) in [5, 5.41) is 0. The first-order chi connectivity index (χ1) is 8.84. The van der Waals surface area contributed by atoms with Crippen molar-refractivity contribution >= 4 is 5.91 Å². The Morgan fingerprint density at radius 3 is 2.37 bits per heavy atom. The van der Waals surface area contributed by atoms with Gasteiger partial charge in [0.25, 0.3) is 0 Å². The van der Waals surface area contributed by atoms with Gasteiger partial charge in [-0.25, -0.2) is 0 Å². The van der Waals surface area contributed by atoms with Gasteiger partial charge in [0, 0.05) is 0 Å². The van der Waals surface area contributed by atoms with Crippen LogP contribution in [-0.2, 0) is 4.79 Å². The maximum atomic E-state index is 11.1. The zero-order valence-corrected chi connectivity index (χ0v) is 12.0. The van der Waals surface area contributed by atoms with E-state index in [-0.39, 0.29) is 0 Å². The Morgan fingerprint density at radius 2 is 1.84 bits per heavy atom. The number of primary amides is 1. The molecular weight excluding hydrogens is 240 g/mol. The average Bonchev–Trinajstić information content (AvgIpc) is 2.31. The first kappa shape index (κ1) is 15.5. The van der Waals surface area contributed by atoms with E-state index >= 15 is 0 Å². The lowest BCUT2D eigenvalue weighted by atomic mass is 9.96. The third-order valence-corrected chi connectivity index (χ3v) is 3.31. The third kappa shape index (κ3) is 4.56. The minimum absolute atomic E-state index is 0.455. The van der Waals surface area contributed by atoms with Crippen molar-refractivity contribution in [1.82, 2.24) is 0 Å². The van der Waals surface area contributed by atoms with Crippen LogP contribution in [0.25, 0.3) is 0 Å². The summed E-state index contributed by atoms with van der Waals surface area (Å²) >= 11 is 0. The second-order valence-electron chi connectivity index (χ2n) is 5.31. The number of carbonyl (C=O) groups excluding carboxylic acids is 1. The summed E-state index contributed by atoms with van der Waals surface area (Å²) in [6.07, 6.45) is 2.26. The molecule has 0 heterocycles. The van der Waals surface area contributed by atoms with Crippen molar-refractivity contribution in [3.8, 4) is 5.75 Å². The molecule has 0 spiro atoms. The van der Waals surface area contributed by atoms with Gasteiger partial charge in [-0.2, -0.15) is 0 Å². The molecule has 19 heavy (non-hydrogen) atoms. The lowest BCUT2D eigenvalue weighted by molar-refractivity contribution is -0.122. The fourth-order valence-corrected chi connectivity index (χ4v) is 1.92. The standard InChI is InChI=1S/C15H24N2O2/c1-11-7-6-8-12(2)13(11)19-10-5-4-9-15(3,17)14(16)18/h6-8H,4-5,9-10,17H2,1-3H3,(H2,16,18). The van der Waals surface area contributed by atoms with Gasteiger partial charge in [0.05, 0.1) is 12.1 Å². The fourth-order valence-electron chi connectivity index (χ4n) is 1.92. The Morgan fingerprint density at radius 1 is 1.26 bits per heavy atom. The number of aryl methyl sites for hydroxylation is 2. The molecule has 4 heteroatoms. The van der Waals surface area contributed by atoms with Crippen molar-refractivity contribution in [2.24, 2.45) is 11.5 Å². The Bertz CT molecular complexity index is 422. The fraction of sp³-hybridized carbons (Fsp3) is 0.533. The van der Waals surface area contributed by atoms with Crippen LogP contribution in [0.15, 0.2) is 18.2 Å². The Labute approximate surface area is 115 Å². The zero-order chi connectivity index (χ0) is 14.5. The lowest BCUT2D eigenvalue weighted by Gasteiger charge is -2.20. The molecule has 4 N–H and O–H groups in total. The first-order valence-electron chi connectivity index (χ1n) is 6.62. The topological polar surface area (TPSA) is 78.3 Å². The number of nitrogens with two attached hydrogens (primary N) is 2. The van der Waals surface area contributed by atoms with Crippen molar-refractivity contribution in [2.75, 3.05) is 6.61 Å². The number of unbranched alkanes of at least 4 members (excludes halogenated alkanes) is 1. The van der Waals surface area contributed by atoms with Crippen molar-refractivity contribution in [3.05, 3.63) is 29.3 Å². The SMILES string of the molecule is Cc1cccc(C)c1OCCCCC(C)(N)C(N)=O. The van der Waals surface area contributed by atoms with E-state index in [0.717, 1.165) is 29.7 Å². The quantitative estimate of drug-likeness (QED) is 0.740.